The first kappa shape index (κ1) is 19.5. The highest BCUT2D eigenvalue weighted by Crippen LogP contribution is 2.28. The van der Waals surface area contributed by atoms with Crippen molar-refractivity contribution in [3.05, 3.63) is 34.9 Å². The van der Waals surface area contributed by atoms with Gasteiger partial charge in [-0.15, -0.1) is 0 Å². The lowest BCUT2D eigenvalue weighted by Gasteiger charge is -2.29. The van der Waals surface area contributed by atoms with Crippen LogP contribution in [0, 0.1) is 0 Å². The van der Waals surface area contributed by atoms with E-state index in [9.17, 15) is 14.4 Å². The molecule has 0 spiro atoms. The molecule has 0 radical (unpaired) electrons. The Hall–Kier alpha value is -2.29. The van der Waals surface area contributed by atoms with E-state index in [1.807, 2.05) is 25.2 Å². The number of benzene rings is 1. The fourth-order valence-electron chi connectivity index (χ4n) is 3.39. The van der Waals surface area contributed by atoms with Gasteiger partial charge in [-0.05, 0) is 30.7 Å². The summed E-state index contributed by atoms with van der Waals surface area (Å²) in [5, 5.41) is 8.67. The number of nitrogens with zero attached hydrogens (tertiary/aromatic N) is 1. The minimum absolute atomic E-state index is 0.142. The first-order chi connectivity index (χ1) is 13.1. The van der Waals surface area contributed by atoms with E-state index >= 15 is 0 Å². The van der Waals surface area contributed by atoms with Gasteiger partial charge in [-0.2, -0.15) is 0 Å². The Morgan fingerprint density at radius 3 is 2.81 bits per heavy atom. The average Bonchev–Trinajstić information content (AvgIpc) is 2.97. The van der Waals surface area contributed by atoms with Gasteiger partial charge in [0.2, 0.25) is 11.8 Å². The molecule has 3 rings (SSSR count). The number of likely N-dealkylation sites (N-methyl/N-ethyl adjacent to an activating group) is 1. The lowest BCUT2D eigenvalue weighted by Crippen LogP contribution is -2.52. The Morgan fingerprint density at radius 1 is 1.22 bits per heavy atom. The van der Waals surface area contributed by atoms with Gasteiger partial charge in [0, 0.05) is 38.2 Å². The zero-order chi connectivity index (χ0) is 19.2. The van der Waals surface area contributed by atoms with E-state index in [0.29, 0.717) is 38.3 Å². The third kappa shape index (κ3) is 4.71. The average molecular weight is 374 g/mol. The summed E-state index contributed by atoms with van der Waals surface area (Å²) in [7, 11) is 1.89. The molecular formula is C19H26N4O4. The van der Waals surface area contributed by atoms with Crippen molar-refractivity contribution in [3.8, 4) is 0 Å². The van der Waals surface area contributed by atoms with E-state index in [1.165, 1.54) is 0 Å². The number of fused-ring (bicyclic) bond motifs is 1. The summed E-state index contributed by atoms with van der Waals surface area (Å²) in [6.07, 6.45) is 0.647. The van der Waals surface area contributed by atoms with Gasteiger partial charge in [-0.25, -0.2) is 0 Å². The lowest BCUT2D eigenvalue weighted by molar-refractivity contribution is -0.136. The molecule has 3 N–H and O–H groups in total. The Kier molecular flexibility index (Phi) is 6.54. The molecule has 1 aromatic carbocycles. The molecule has 8 nitrogen and oxygen atoms in total. The van der Waals surface area contributed by atoms with E-state index in [4.69, 9.17) is 4.74 Å². The van der Waals surface area contributed by atoms with E-state index < -0.39 is 6.04 Å². The second-order valence-corrected chi connectivity index (χ2v) is 6.78. The molecule has 27 heavy (non-hydrogen) atoms. The van der Waals surface area contributed by atoms with Crippen molar-refractivity contribution in [1.29, 1.82) is 0 Å². The number of ether oxygens (including phenoxy) is 1. The van der Waals surface area contributed by atoms with E-state index in [0.717, 1.165) is 24.2 Å². The normalized spacial score (nSPS) is 19.4. The largest absolute Gasteiger partial charge is 0.379 e. The van der Waals surface area contributed by atoms with E-state index in [-0.39, 0.29) is 24.1 Å². The molecule has 1 unspecified atom stereocenters. The van der Waals surface area contributed by atoms with E-state index in [1.54, 1.807) is 4.90 Å². The fourth-order valence-corrected chi connectivity index (χ4v) is 3.39. The first-order valence-corrected chi connectivity index (χ1v) is 9.29. The van der Waals surface area contributed by atoms with Gasteiger partial charge < -0.3 is 20.3 Å². The molecule has 146 valence electrons. The van der Waals surface area contributed by atoms with Crippen LogP contribution < -0.4 is 16.0 Å². The molecule has 2 aliphatic heterocycles. The predicted octanol–water partition coefficient (Wildman–Crippen LogP) is -0.227. The third-order valence-electron chi connectivity index (χ3n) is 4.84. The Bertz CT molecular complexity index is 722. The minimum Gasteiger partial charge on any atom is -0.379 e. The SMILES string of the molecule is CNCCOCCNCc1ccc2c(c1)CN(C1CCC(=O)NC1=O)C2=O. The molecule has 0 aliphatic carbocycles. The van der Waals surface area contributed by atoms with Crippen molar-refractivity contribution in [2.45, 2.75) is 32.0 Å². The second kappa shape index (κ2) is 9.07. The predicted molar refractivity (Wildman–Crippen MR) is 98.9 cm³/mol. The number of imide groups is 1. The number of hydrogen-bond acceptors (Lipinski definition) is 6. The van der Waals surface area contributed by atoms with Crippen LogP contribution in [0.5, 0.6) is 0 Å². The van der Waals surface area contributed by atoms with Gasteiger partial charge in [-0.1, -0.05) is 12.1 Å². The highest BCUT2D eigenvalue weighted by atomic mass is 16.5. The van der Waals surface area contributed by atoms with Gasteiger partial charge >= 0.3 is 0 Å². The summed E-state index contributed by atoms with van der Waals surface area (Å²) in [5.41, 5.74) is 2.65. The summed E-state index contributed by atoms with van der Waals surface area (Å²) >= 11 is 0. The second-order valence-electron chi connectivity index (χ2n) is 6.78. The van der Waals surface area contributed by atoms with Crippen LogP contribution in [0.1, 0.15) is 34.3 Å². The molecule has 1 atom stereocenters. The number of hydrogen-bond donors (Lipinski definition) is 3. The summed E-state index contributed by atoms with van der Waals surface area (Å²) in [6.45, 7) is 4.02. The molecule has 8 heteroatoms. The molecule has 0 bridgehead atoms. The molecule has 1 aromatic rings. The molecule has 3 amide bonds. The summed E-state index contributed by atoms with van der Waals surface area (Å²) in [5.74, 6) is -0.798. The maximum absolute atomic E-state index is 12.6. The van der Waals surface area contributed by atoms with Crippen molar-refractivity contribution in [1.82, 2.24) is 20.9 Å². The number of carbonyl (C=O) groups excluding carboxylic acids is 3. The maximum Gasteiger partial charge on any atom is 0.255 e. The molecule has 2 heterocycles. The van der Waals surface area contributed by atoms with Crippen LogP contribution in [-0.4, -0.2) is 62.0 Å². The number of nitrogens with one attached hydrogen (secondary N) is 3. The van der Waals surface area contributed by atoms with Crippen LogP contribution >= 0.6 is 0 Å². The van der Waals surface area contributed by atoms with Crippen molar-refractivity contribution in [2.24, 2.45) is 0 Å². The first-order valence-electron chi connectivity index (χ1n) is 9.29. The summed E-state index contributed by atoms with van der Waals surface area (Å²) in [6, 6.07) is 5.19. The van der Waals surface area contributed by atoms with Crippen LogP contribution in [0.4, 0.5) is 0 Å². The number of amides is 3. The summed E-state index contributed by atoms with van der Waals surface area (Å²) in [4.78, 5) is 37.6. The van der Waals surface area contributed by atoms with Crippen LogP contribution in [0.2, 0.25) is 0 Å². The molecule has 0 aromatic heterocycles. The molecule has 0 saturated carbocycles. The zero-order valence-corrected chi connectivity index (χ0v) is 15.5. The Labute approximate surface area is 158 Å². The van der Waals surface area contributed by atoms with Crippen LogP contribution in [0.25, 0.3) is 0 Å². The van der Waals surface area contributed by atoms with Crippen molar-refractivity contribution >= 4 is 17.7 Å². The quantitative estimate of drug-likeness (QED) is 0.408. The van der Waals surface area contributed by atoms with Crippen molar-refractivity contribution in [3.63, 3.8) is 0 Å². The monoisotopic (exact) mass is 374 g/mol. The third-order valence-corrected chi connectivity index (χ3v) is 4.84. The van der Waals surface area contributed by atoms with Gasteiger partial charge in [0.15, 0.2) is 0 Å². The maximum atomic E-state index is 12.6. The highest BCUT2D eigenvalue weighted by molar-refractivity contribution is 6.05. The van der Waals surface area contributed by atoms with Crippen LogP contribution in [-0.2, 0) is 27.4 Å². The molecule has 1 fully saturated rings. The molecular weight excluding hydrogens is 348 g/mol. The fraction of sp³-hybridized carbons (Fsp3) is 0.526. The Balaban J connectivity index is 1.53. The standard InChI is InChI=1S/C19H26N4O4/c1-20-6-8-27-9-7-21-11-13-2-3-15-14(10-13)12-23(19(15)26)16-4-5-17(24)22-18(16)25/h2-3,10,16,20-21H,4-9,11-12H2,1H3,(H,22,24,25). The molecule has 2 aliphatic rings. The Morgan fingerprint density at radius 2 is 2.04 bits per heavy atom. The van der Waals surface area contributed by atoms with Gasteiger partial charge in [0.25, 0.3) is 5.91 Å². The lowest BCUT2D eigenvalue weighted by atomic mass is 10.0. The van der Waals surface area contributed by atoms with Gasteiger partial charge in [-0.3, -0.25) is 19.7 Å². The van der Waals surface area contributed by atoms with Crippen molar-refractivity contribution in [2.75, 3.05) is 33.4 Å². The minimum atomic E-state index is -0.570. The smallest absolute Gasteiger partial charge is 0.255 e. The van der Waals surface area contributed by atoms with Gasteiger partial charge in [0.05, 0.1) is 13.2 Å². The number of rotatable bonds is 9. The van der Waals surface area contributed by atoms with Crippen LogP contribution in [0.3, 0.4) is 0 Å². The van der Waals surface area contributed by atoms with Gasteiger partial charge in [0.1, 0.15) is 6.04 Å². The van der Waals surface area contributed by atoms with Crippen molar-refractivity contribution < 1.29 is 19.1 Å². The number of piperidine rings is 1. The highest BCUT2D eigenvalue weighted by Gasteiger charge is 2.38. The zero-order valence-electron chi connectivity index (χ0n) is 15.5. The number of carbonyl (C=O) groups is 3. The van der Waals surface area contributed by atoms with E-state index in [2.05, 4.69) is 16.0 Å². The topological polar surface area (TPSA) is 99.8 Å². The molecule has 1 saturated heterocycles. The van der Waals surface area contributed by atoms with Crippen LogP contribution in [0.15, 0.2) is 18.2 Å². The summed E-state index contributed by atoms with van der Waals surface area (Å²) < 4.78 is 5.46.